The number of amides is 7. The molecule has 0 spiro atoms. The van der Waals surface area contributed by atoms with Gasteiger partial charge in [-0.15, -0.1) is 0 Å². The molecular weight excluding hydrogens is 971 g/mol. The van der Waals surface area contributed by atoms with Crippen molar-refractivity contribution in [2.45, 2.75) is 125 Å². The molecule has 410 valence electrons. The fraction of sp³-hybridized carbons (Fsp3) is 0.560. The van der Waals surface area contributed by atoms with Crippen molar-refractivity contribution in [2.75, 3.05) is 52.4 Å². The minimum Gasteiger partial charge on any atom is -0.480 e. The van der Waals surface area contributed by atoms with Crippen LogP contribution in [-0.4, -0.2) is 185 Å². The molecule has 8 unspecified atom stereocenters. The summed E-state index contributed by atoms with van der Waals surface area (Å²) < 4.78 is 0. The van der Waals surface area contributed by atoms with Crippen LogP contribution < -0.4 is 55.3 Å². The van der Waals surface area contributed by atoms with Crippen LogP contribution >= 0.6 is 0 Å². The minimum atomic E-state index is -1.51. The van der Waals surface area contributed by atoms with Crippen LogP contribution in [0.25, 0.3) is 0 Å². The fourth-order valence-electron chi connectivity index (χ4n) is 9.66. The number of nitrogens with zero attached hydrogens (tertiary/aromatic N) is 5. The maximum absolute atomic E-state index is 14.1. The van der Waals surface area contributed by atoms with Crippen molar-refractivity contribution < 1.29 is 48.6 Å². The van der Waals surface area contributed by atoms with Crippen molar-refractivity contribution in [1.82, 2.24) is 41.3 Å². The zero-order valence-electron chi connectivity index (χ0n) is 42.3. The van der Waals surface area contributed by atoms with Crippen molar-refractivity contribution in [3.63, 3.8) is 0 Å². The number of guanidine groups is 2. The lowest BCUT2D eigenvalue weighted by Crippen LogP contribution is -2.59. The molecule has 75 heavy (non-hydrogen) atoms. The smallest absolute Gasteiger partial charge is 0.320 e. The van der Waals surface area contributed by atoms with Crippen LogP contribution in [-0.2, 0) is 51.2 Å². The van der Waals surface area contributed by atoms with E-state index in [9.17, 15) is 48.6 Å². The summed E-state index contributed by atoms with van der Waals surface area (Å²) in [5.41, 5.74) is 29.3. The van der Waals surface area contributed by atoms with Gasteiger partial charge in [-0.25, -0.2) is 0 Å². The maximum Gasteiger partial charge on any atom is 0.320 e. The molecule has 3 heterocycles. The number of carbonyl (C=O) groups excluding carboxylic acids is 7. The first-order valence-corrected chi connectivity index (χ1v) is 25.6. The number of carboxylic acids is 1. The van der Waals surface area contributed by atoms with E-state index in [0.717, 1.165) is 5.56 Å². The zero-order valence-corrected chi connectivity index (χ0v) is 42.3. The highest BCUT2D eigenvalue weighted by Crippen LogP contribution is 2.26. The van der Waals surface area contributed by atoms with Crippen molar-refractivity contribution >= 4 is 59.2 Å². The Morgan fingerprint density at radius 3 is 1.73 bits per heavy atom. The Hall–Kier alpha value is -7.38. The monoisotopic (exact) mass is 1050 g/mol. The molecule has 0 aliphatic carbocycles. The van der Waals surface area contributed by atoms with Crippen molar-refractivity contribution in [3.05, 3.63) is 71.8 Å². The van der Waals surface area contributed by atoms with Gasteiger partial charge >= 0.3 is 5.97 Å². The van der Waals surface area contributed by atoms with Crippen molar-refractivity contribution in [1.29, 1.82) is 0 Å². The van der Waals surface area contributed by atoms with E-state index in [1.807, 2.05) is 30.3 Å². The van der Waals surface area contributed by atoms with E-state index in [2.05, 4.69) is 36.6 Å². The number of carboxylic acid groups (broad SMARTS) is 1. The van der Waals surface area contributed by atoms with E-state index in [1.165, 1.54) is 14.7 Å². The number of aliphatic carboxylic acids is 1. The quantitative estimate of drug-likeness (QED) is 0.0223. The van der Waals surface area contributed by atoms with Gasteiger partial charge < -0.3 is 80.2 Å². The van der Waals surface area contributed by atoms with Crippen LogP contribution in [0, 0.1) is 0 Å². The molecule has 3 fully saturated rings. The van der Waals surface area contributed by atoms with Crippen LogP contribution in [0.15, 0.2) is 70.6 Å². The van der Waals surface area contributed by atoms with Gasteiger partial charge in [0, 0.05) is 51.7 Å². The summed E-state index contributed by atoms with van der Waals surface area (Å²) in [4.78, 5) is 121. The molecule has 5 rings (SSSR count). The summed E-state index contributed by atoms with van der Waals surface area (Å²) in [5.74, 6) is -5.41. The van der Waals surface area contributed by atoms with Gasteiger partial charge in [0.1, 0.15) is 36.3 Å². The number of carbonyl (C=O) groups is 8. The predicted molar refractivity (Wildman–Crippen MR) is 278 cm³/mol. The molecule has 0 saturated carbocycles. The van der Waals surface area contributed by atoms with E-state index in [4.69, 9.17) is 28.7 Å². The highest BCUT2D eigenvalue weighted by molar-refractivity contribution is 5.97. The van der Waals surface area contributed by atoms with Gasteiger partial charge in [-0.2, -0.15) is 0 Å². The maximum atomic E-state index is 14.1. The average Bonchev–Trinajstić information content (AvgIpc) is 4.20. The second-order valence-corrected chi connectivity index (χ2v) is 19.0. The summed E-state index contributed by atoms with van der Waals surface area (Å²) in [6.07, 6.45) is 4.19. The minimum absolute atomic E-state index is 0.0370. The number of nitrogens with two attached hydrogens (primary N) is 5. The SMILES string of the molecule is NC(N)=NCCCC(N)C(=O)N1CCCC1C(=O)N1CCCC1C(=O)NCC(=O)NC(Cc1ccccc1)C(=O)NC(CO)C(=O)N1CCCC1C(=O)NC(CNC(CCCN=C(N)N)C(=O)O)Cc1ccccc1. The van der Waals surface area contributed by atoms with Gasteiger partial charge in [0.25, 0.3) is 0 Å². The molecule has 17 N–H and O–H groups in total. The second-order valence-electron chi connectivity index (χ2n) is 19.0. The lowest BCUT2D eigenvalue weighted by Gasteiger charge is -2.32. The molecule has 2 aromatic rings. The van der Waals surface area contributed by atoms with E-state index in [0.29, 0.717) is 76.4 Å². The summed E-state index contributed by atoms with van der Waals surface area (Å²) in [7, 11) is 0. The fourth-order valence-corrected chi connectivity index (χ4v) is 9.66. The number of likely N-dealkylation sites (tertiary alicyclic amines) is 3. The summed E-state index contributed by atoms with van der Waals surface area (Å²) in [6.45, 7) is -0.0540. The van der Waals surface area contributed by atoms with Crippen LogP contribution in [0.4, 0.5) is 0 Å². The van der Waals surface area contributed by atoms with Gasteiger partial charge in [-0.05, 0) is 81.8 Å². The highest BCUT2D eigenvalue weighted by atomic mass is 16.4. The number of aliphatic hydroxyl groups excluding tert-OH is 1. The van der Waals surface area contributed by atoms with Gasteiger partial charge in [0.15, 0.2) is 11.9 Å². The topological polar surface area (TPSA) is 402 Å². The van der Waals surface area contributed by atoms with Crippen molar-refractivity contribution in [3.8, 4) is 0 Å². The first-order valence-electron chi connectivity index (χ1n) is 25.6. The molecule has 25 heteroatoms. The van der Waals surface area contributed by atoms with E-state index in [1.54, 1.807) is 30.3 Å². The number of aliphatic imine (C=N–C) groups is 2. The first-order chi connectivity index (χ1) is 36.0. The summed E-state index contributed by atoms with van der Waals surface area (Å²) >= 11 is 0. The van der Waals surface area contributed by atoms with E-state index < -0.39 is 97.0 Å². The Balaban J connectivity index is 1.19. The molecule has 2 aromatic carbocycles. The molecule has 25 nitrogen and oxygen atoms in total. The number of hydrogen-bond acceptors (Lipinski definition) is 13. The Bertz CT molecular complexity index is 2320. The Kier molecular flexibility index (Phi) is 23.0. The average molecular weight is 1050 g/mol. The number of rotatable bonds is 28. The van der Waals surface area contributed by atoms with E-state index in [-0.39, 0.29) is 69.2 Å². The Labute approximate surface area is 436 Å². The standard InChI is InChI=1S/C50H75N15O10/c51-34(16-7-21-56-49(52)53)45(71)65-25-11-20-40(65)47(73)64-24-9-18-38(64)43(69)59-29-41(67)61-36(27-32-14-5-2-6-15-32)42(68)62-37(30-66)46(72)63-23-10-19-39(63)44(70)60-33(26-31-12-3-1-4-13-31)28-58-35(48(74)75)17-8-22-57-50(54)55/h1-6,12-15,33-40,58,66H,7-11,16-30,51H2,(H,59,69)(H,60,70)(H,61,67)(H,62,68)(H,74,75)(H4,52,53,56)(H4,54,55,57). The Morgan fingerprint density at radius 2 is 1.16 bits per heavy atom. The van der Waals surface area contributed by atoms with Gasteiger partial charge in [-0.3, -0.25) is 48.3 Å². The first kappa shape index (κ1) is 58.5. The second kappa shape index (κ2) is 29.5. The lowest BCUT2D eigenvalue weighted by molar-refractivity contribution is -0.147. The third kappa shape index (κ3) is 17.9. The molecule has 0 aromatic heterocycles. The van der Waals surface area contributed by atoms with Crippen LogP contribution in [0.2, 0.25) is 0 Å². The zero-order chi connectivity index (χ0) is 54.4. The predicted octanol–water partition coefficient (Wildman–Crippen LogP) is -3.52. The molecule has 8 atom stereocenters. The third-order valence-corrected chi connectivity index (χ3v) is 13.5. The van der Waals surface area contributed by atoms with Crippen LogP contribution in [0.5, 0.6) is 0 Å². The van der Waals surface area contributed by atoms with Gasteiger partial charge in [0.2, 0.25) is 41.4 Å². The molecule has 7 amide bonds. The molecule has 3 saturated heterocycles. The summed E-state index contributed by atoms with van der Waals surface area (Å²) in [5, 5.41) is 34.3. The molecule has 3 aliphatic heterocycles. The Morgan fingerprint density at radius 1 is 0.627 bits per heavy atom. The number of benzene rings is 2. The number of hydrogen-bond donors (Lipinski definition) is 12. The summed E-state index contributed by atoms with van der Waals surface area (Å²) in [6, 6.07) is 10.1. The van der Waals surface area contributed by atoms with Gasteiger partial charge in [-0.1, -0.05) is 60.7 Å². The highest BCUT2D eigenvalue weighted by Gasteiger charge is 2.43. The molecule has 0 bridgehead atoms. The molecular formula is C50H75N15O10. The lowest BCUT2D eigenvalue weighted by atomic mass is 10.0. The number of aliphatic hydroxyl groups is 1. The van der Waals surface area contributed by atoms with E-state index >= 15 is 0 Å². The van der Waals surface area contributed by atoms with Gasteiger partial charge in [0.05, 0.1) is 19.2 Å². The molecule has 3 aliphatic rings. The van der Waals surface area contributed by atoms with Crippen LogP contribution in [0.1, 0.15) is 75.3 Å². The largest absolute Gasteiger partial charge is 0.480 e. The third-order valence-electron chi connectivity index (χ3n) is 13.5. The molecule has 0 radical (unpaired) electrons. The van der Waals surface area contributed by atoms with Crippen molar-refractivity contribution in [2.24, 2.45) is 38.7 Å². The van der Waals surface area contributed by atoms with Crippen LogP contribution in [0.3, 0.4) is 0 Å². The normalized spacial score (nSPS) is 19.2. The number of nitrogens with one attached hydrogen (secondary N) is 5.